The molecule has 6 nitrogen and oxygen atoms in total. The Morgan fingerprint density at radius 1 is 1.36 bits per heavy atom. The molecule has 0 aromatic carbocycles. The first-order valence-corrected chi connectivity index (χ1v) is 8.18. The van der Waals surface area contributed by atoms with Gasteiger partial charge in [0.25, 0.3) is 5.91 Å². The van der Waals surface area contributed by atoms with Gasteiger partial charge in [0.05, 0.1) is 5.56 Å². The number of hydrogen-bond acceptors (Lipinski definition) is 4. The van der Waals surface area contributed by atoms with Gasteiger partial charge in [0, 0.05) is 24.8 Å². The van der Waals surface area contributed by atoms with E-state index in [1.54, 1.807) is 0 Å². The number of fused-ring (bicyclic) bond motifs is 1. The minimum Gasteiger partial charge on any atom is -0.365 e. The molecule has 0 fully saturated rings. The first kappa shape index (κ1) is 16.5. The first-order chi connectivity index (χ1) is 10.4. The maximum atomic E-state index is 11.9. The Morgan fingerprint density at radius 2 is 2.09 bits per heavy atom. The molecule has 0 spiro atoms. The highest BCUT2D eigenvalue weighted by molar-refractivity contribution is 7.17. The Hall–Kier alpha value is -1.89. The number of anilines is 1. The molecule has 120 valence electrons. The number of rotatable bonds is 5. The van der Waals surface area contributed by atoms with Gasteiger partial charge < -0.3 is 16.4 Å². The van der Waals surface area contributed by atoms with Crippen molar-refractivity contribution in [2.24, 2.45) is 11.7 Å². The third kappa shape index (κ3) is 3.85. The van der Waals surface area contributed by atoms with Gasteiger partial charge in [0.2, 0.25) is 11.8 Å². The number of nitrogens with two attached hydrogens (primary N) is 1. The van der Waals surface area contributed by atoms with Gasteiger partial charge in [-0.1, -0.05) is 6.92 Å². The number of amides is 3. The summed E-state index contributed by atoms with van der Waals surface area (Å²) in [5.41, 5.74) is 6.94. The van der Waals surface area contributed by atoms with Gasteiger partial charge in [0.1, 0.15) is 5.00 Å². The van der Waals surface area contributed by atoms with E-state index in [9.17, 15) is 14.4 Å². The van der Waals surface area contributed by atoms with Crippen molar-refractivity contribution in [2.45, 2.75) is 39.5 Å². The fraction of sp³-hybridized carbons (Fsp3) is 0.533. The Morgan fingerprint density at radius 3 is 2.73 bits per heavy atom. The summed E-state index contributed by atoms with van der Waals surface area (Å²) < 4.78 is 0. The summed E-state index contributed by atoms with van der Waals surface area (Å²) in [6.07, 6.45) is 2.94. The SMILES string of the molecule is CC(=O)NCCC(=O)Nc1sc2c(c1C(N)=O)CC[C@H](C)C2. The molecule has 1 heterocycles. The van der Waals surface area contributed by atoms with Crippen molar-refractivity contribution < 1.29 is 14.4 Å². The number of carbonyl (C=O) groups is 3. The quantitative estimate of drug-likeness (QED) is 0.764. The summed E-state index contributed by atoms with van der Waals surface area (Å²) in [4.78, 5) is 35.6. The summed E-state index contributed by atoms with van der Waals surface area (Å²) in [6, 6.07) is 0. The van der Waals surface area contributed by atoms with Crippen LogP contribution in [0, 0.1) is 5.92 Å². The highest BCUT2D eigenvalue weighted by atomic mass is 32.1. The molecule has 0 saturated heterocycles. The van der Waals surface area contributed by atoms with Crippen LogP contribution < -0.4 is 16.4 Å². The predicted molar refractivity (Wildman–Crippen MR) is 86.0 cm³/mol. The normalized spacial score (nSPS) is 16.7. The van der Waals surface area contributed by atoms with Gasteiger partial charge in [-0.3, -0.25) is 14.4 Å². The Labute approximate surface area is 133 Å². The van der Waals surface area contributed by atoms with Crippen LogP contribution in [0.1, 0.15) is 47.5 Å². The second-order valence-electron chi connectivity index (χ2n) is 5.70. The number of nitrogens with one attached hydrogen (secondary N) is 2. The van der Waals surface area contributed by atoms with Crippen LogP contribution >= 0.6 is 11.3 Å². The highest BCUT2D eigenvalue weighted by Crippen LogP contribution is 2.39. The lowest BCUT2D eigenvalue weighted by molar-refractivity contribution is -0.119. The van der Waals surface area contributed by atoms with Gasteiger partial charge in [-0.2, -0.15) is 0 Å². The van der Waals surface area contributed by atoms with Gasteiger partial charge >= 0.3 is 0 Å². The van der Waals surface area contributed by atoms with Gasteiger partial charge in [-0.15, -0.1) is 11.3 Å². The van der Waals surface area contributed by atoms with Crippen molar-refractivity contribution in [3.8, 4) is 0 Å². The van der Waals surface area contributed by atoms with E-state index in [-0.39, 0.29) is 24.8 Å². The number of hydrogen-bond donors (Lipinski definition) is 3. The average Bonchev–Trinajstić information content (AvgIpc) is 2.74. The molecule has 7 heteroatoms. The molecule has 1 aliphatic rings. The van der Waals surface area contributed by atoms with Crippen LogP contribution in [0.3, 0.4) is 0 Å². The summed E-state index contributed by atoms with van der Waals surface area (Å²) in [5.74, 6) is -0.325. The molecule has 0 bridgehead atoms. The fourth-order valence-electron chi connectivity index (χ4n) is 2.64. The molecule has 4 N–H and O–H groups in total. The molecule has 0 unspecified atom stereocenters. The molecule has 1 aromatic heterocycles. The smallest absolute Gasteiger partial charge is 0.251 e. The number of carbonyl (C=O) groups excluding carboxylic acids is 3. The van der Waals surface area contributed by atoms with E-state index in [0.29, 0.717) is 16.5 Å². The first-order valence-electron chi connectivity index (χ1n) is 7.37. The van der Waals surface area contributed by atoms with E-state index in [1.807, 2.05) is 0 Å². The molecule has 0 radical (unpaired) electrons. The van der Waals surface area contributed by atoms with Crippen LogP contribution in [0.25, 0.3) is 0 Å². The Bertz CT molecular complexity index is 609. The van der Waals surface area contributed by atoms with Crippen molar-refractivity contribution in [3.63, 3.8) is 0 Å². The predicted octanol–water partition coefficient (Wildman–Crippen LogP) is 1.44. The van der Waals surface area contributed by atoms with Crippen molar-refractivity contribution in [1.82, 2.24) is 5.32 Å². The topological polar surface area (TPSA) is 101 Å². The molecule has 22 heavy (non-hydrogen) atoms. The van der Waals surface area contributed by atoms with Crippen LogP contribution in [-0.2, 0) is 22.4 Å². The summed E-state index contributed by atoms with van der Waals surface area (Å²) in [6.45, 7) is 3.85. The van der Waals surface area contributed by atoms with E-state index in [1.165, 1.54) is 18.3 Å². The summed E-state index contributed by atoms with van der Waals surface area (Å²) >= 11 is 1.44. The minimum atomic E-state index is -0.496. The Kier molecular flexibility index (Phi) is 5.18. The standard InChI is InChI=1S/C15H21N3O3S/c1-8-3-4-10-11(7-8)22-15(13(10)14(16)21)18-12(20)5-6-17-9(2)19/h8H,3-7H2,1-2H3,(H2,16,21)(H,17,19)(H,18,20)/t8-/m0/s1. The average molecular weight is 323 g/mol. The van der Waals surface area contributed by atoms with E-state index in [2.05, 4.69) is 17.6 Å². The van der Waals surface area contributed by atoms with Crippen molar-refractivity contribution >= 4 is 34.1 Å². The van der Waals surface area contributed by atoms with Gasteiger partial charge in [-0.05, 0) is 30.7 Å². The zero-order valence-electron chi connectivity index (χ0n) is 12.8. The largest absolute Gasteiger partial charge is 0.365 e. The van der Waals surface area contributed by atoms with Crippen LogP contribution in [0.5, 0.6) is 0 Å². The fourth-order valence-corrected chi connectivity index (χ4v) is 4.07. The van der Waals surface area contributed by atoms with Crippen LogP contribution in [0.2, 0.25) is 0 Å². The molecule has 1 aliphatic carbocycles. The summed E-state index contributed by atoms with van der Waals surface area (Å²) in [7, 11) is 0. The highest BCUT2D eigenvalue weighted by Gasteiger charge is 2.27. The van der Waals surface area contributed by atoms with Crippen LogP contribution in [0.15, 0.2) is 0 Å². The van der Waals surface area contributed by atoms with Gasteiger partial charge in [0.15, 0.2) is 0 Å². The van der Waals surface area contributed by atoms with Gasteiger partial charge in [-0.25, -0.2) is 0 Å². The molecular weight excluding hydrogens is 302 g/mol. The lowest BCUT2D eigenvalue weighted by atomic mass is 9.88. The monoisotopic (exact) mass is 323 g/mol. The maximum Gasteiger partial charge on any atom is 0.251 e. The van der Waals surface area contributed by atoms with Crippen LogP contribution in [-0.4, -0.2) is 24.3 Å². The third-order valence-corrected chi connectivity index (χ3v) is 4.91. The molecule has 0 saturated carbocycles. The second kappa shape index (κ2) is 6.91. The molecule has 1 aromatic rings. The third-order valence-electron chi connectivity index (χ3n) is 3.74. The van der Waals surface area contributed by atoms with Crippen LogP contribution in [0.4, 0.5) is 5.00 Å². The molecular formula is C15H21N3O3S. The second-order valence-corrected chi connectivity index (χ2v) is 6.81. The molecule has 3 amide bonds. The Balaban J connectivity index is 2.12. The number of primary amides is 1. The van der Waals surface area contributed by atoms with Crippen molar-refractivity contribution in [3.05, 3.63) is 16.0 Å². The lowest BCUT2D eigenvalue weighted by Crippen LogP contribution is -2.25. The zero-order valence-corrected chi connectivity index (χ0v) is 13.6. The molecule has 0 aliphatic heterocycles. The van der Waals surface area contributed by atoms with Crippen molar-refractivity contribution in [1.29, 1.82) is 0 Å². The molecule has 2 rings (SSSR count). The minimum absolute atomic E-state index is 0.163. The zero-order chi connectivity index (χ0) is 16.3. The molecule has 1 atom stereocenters. The van der Waals surface area contributed by atoms with E-state index < -0.39 is 5.91 Å². The van der Waals surface area contributed by atoms with Crippen molar-refractivity contribution in [2.75, 3.05) is 11.9 Å². The maximum absolute atomic E-state index is 11.9. The lowest BCUT2D eigenvalue weighted by Gasteiger charge is -2.18. The van der Waals surface area contributed by atoms with E-state index in [4.69, 9.17) is 5.73 Å². The number of thiophene rings is 1. The van der Waals surface area contributed by atoms with E-state index in [0.717, 1.165) is 29.7 Å². The van der Waals surface area contributed by atoms with E-state index >= 15 is 0 Å². The summed E-state index contributed by atoms with van der Waals surface area (Å²) in [5, 5.41) is 5.87.